The number of rotatable bonds is 3. The van der Waals surface area contributed by atoms with Gasteiger partial charge in [0.2, 0.25) is 0 Å². The normalized spacial score (nSPS) is 30.1. The molecule has 2 heterocycles. The minimum Gasteiger partial charge on any atom is -0.378 e. The van der Waals surface area contributed by atoms with Crippen LogP contribution in [0, 0.1) is 10.1 Å². The van der Waals surface area contributed by atoms with E-state index in [1.807, 2.05) is 12.1 Å². The Morgan fingerprint density at radius 2 is 1.95 bits per heavy atom. The predicted molar refractivity (Wildman–Crippen MR) is 74.2 cm³/mol. The first kappa shape index (κ1) is 13.5. The van der Waals surface area contributed by atoms with Gasteiger partial charge in [0.1, 0.15) is 0 Å². The second kappa shape index (κ2) is 5.47. The third kappa shape index (κ3) is 2.54. The third-order valence-electron chi connectivity index (χ3n) is 4.25. The van der Waals surface area contributed by atoms with Gasteiger partial charge in [0.15, 0.2) is 0 Å². The Kier molecular flexibility index (Phi) is 3.69. The van der Waals surface area contributed by atoms with E-state index in [4.69, 9.17) is 10.5 Å². The number of benzene rings is 1. The van der Waals surface area contributed by atoms with E-state index in [0.29, 0.717) is 19.8 Å². The van der Waals surface area contributed by atoms with E-state index >= 15 is 0 Å². The van der Waals surface area contributed by atoms with Crippen LogP contribution in [0.15, 0.2) is 24.3 Å². The molecule has 0 amide bonds. The zero-order valence-corrected chi connectivity index (χ0v) is 11.3. The van der Waals surface area contributed by atoms with Crippen molar-refractivity contribution in [1.29, 1.82) is 0 Å². The van der Waals surface area contributed by atoms with Crippen molar-refractivity contribution in [3.63, 3.8) is 0 Å². The van der Waals surface area contributed by atoms with Crippen LogP contribution in [0.4, 0.5) is 5.69 Å². The fraction of sp³-hybridized carbons (Fsp3) is 0.571. The smallest absolute Gasteiger partial charge is 0.273 e. The SMILES string of the molecule is NC1CC2COCC(C1)N2Cc1ccccc1[N+](=O)[O-]. The van der Waals surface area contributed by atoms with E-state index < -0.39 is 0 Å². The Hall–Kier alpha value is -1.50. The number of nitrogens with zero attached hydrogens (tertiary/aromatic N) is 2. The fourth-order valence-corrected chi connectivity index (χ4v) is 3.31. The highest BCUT2D eigenvalue weighted by atomic mass is 16.6. The maximum absolute atomic E-state index is 11.1. The van der Waals surface area contributed by atoms with Crippen molar-refractivity contribution < 1.29 is 9.66 Å². The number of nitro benzene ring substituents is 1. The predicted octanol–water partition coefficient (Wildman–Crippen LogP) is 1.29. The molecular weight excluding hydrogens is 258 g/mol. The van der Waals surface area contributed by atoms with Crippen LogP contribution >= 0.6 is 0 Å². The number of morpholine rings is 1. The number of hydrogen-bond acceptors (Lipinski definition) is 5. The maximum atomic E-state index is 11.1. The molecule has 2 bridgehead atoms. The summed E-state index contributed by atoms with van der Waals surface area (Å²) in [6, 6.07) is 7.73. The number of para-hydroxylation sites is 1. The van der Waals surface area contributed by atoms with Crippen LogP contribution in [0.5, 0.6) is 0 Å². The molecule has 0 aliphatic carbocycles. The van der Waals surface area contributed by atoms with Gasteiger partial charge in [0, 0.05) is 36.3 Å². The highest BCUT2D eigenvalue weighted by molar-refractivity contribution is 5.39. The molecule has 3 rings (SSSR count). The average Bonchev–Trinajstić information content (AvgIpc) is 2.40. The van der Waals surface area contributed by atoms with Gasteiger partial charge in [0.25, 0.3) is 5.69 Å². The lowest BCUT2D eigenvalue weighted by atomic mass is 9.90. The van der Waals surface area contributed by atoms with E-state index in [1.165, 1.54) is 0 Å². The molecule has 6 nitrogen and oxygen atoms in total. The Morgan fingerprint density at radius 1 is 1.30 bits per heavy atom. The lowest BCUT2D eigenvalue weighted by Crippen LogP contribution is -2.59. The summed E-state index contributed by atoms with van der Waals surface area (Å²) in [6.45, 7) is 1.94. The number of hydrogen-bond donors (Lipinski definition) is 1. The van der Waals surface area contributed by atoms with Crippen molar-refractivity contribution in [3.8, 4) is 0 Å². The second-order valence-electron chi connectivity index (χ2n) is 5.63. The Bertz CT molecular complexity index is 494. The molecule has 1 aromatic rings. The highest BCUT2D eigenvalue weighted by Gasteiger charge is 2.38. The van der Waals surface area contributed by atoms with E-state index in [9.17, 15) is 10.1 Å². The lowest BCUT2D eigenvalue weighted by molar-refractivity contribution is -0.385. The van der Waals surface area contributed by atoms with Gasteiger partial charge >= 0.3 is 0 Å². The summed E-state index contributed by atoms with van der Waals surface area (Å²) in [6.07, 6.45) is 1.80. The molecule has 2 aliphatic heterocycles. The van der Waals surface area contributed by atoms with Gasteiger partial charge in [0.05, 0.1) is 18.1 Å². The molecule has 2 N–H and O–H groups in total. The summed E-state index contributed by atoms with van der Waals surface area (Å²) in [5, 5.41) is 11.1. The topological polar surface area (TPSA) is 81.6 Å². The summed E-state index contributed by atoms with van der Waals surface area (Å²) in [5.41, 5.74) is 7.03. The third-order valence-corrected chi connectivity index (χ3v) is 4.25. The molecule has 0 radical (unpaired) electrons. The molecule has 0 saturated carbocycles. The van der Waals surface area contributed by atoms with Gasteiger partial charge in [-0.05, 0) is 12.8 Å². The van der Waals surface area contributed by atoms with Gasteiger partial charge in [-0.3, -0.25) is 15.0 Å². The van der Waals surface area contributed by atoms with Crippen molar-refractivity contribution in [1.82, 2.24) is 4.90 Å². The number of fused-ring (bicyclic) bond motifs is 2. The quantitative estimate of drug-likeness (QED) is 0.665. The van der Waals surface area contributed by atoms with Crippen LogP contribution in [-0.2, 0) is 11.3 Å². The van der Waals surface area contributed by atoms with E-state index in [0.717, 1.165) is 18.4 Å². The number of ether oxygens (including phenoxy) is 1. The van der Waals surface area contributed by atoms with Crippen molar-refractivity contribution in [2.24, 2.45) is 5.73 Å². The van der Waals surface area contributed by atoms with Gasteiger partial charge in [-0.25, -0.2) is 0 Å². The molecule has 2 fully saturated rings. The summed E-state index contributed by atoms with van der Waals surface area (Å²) in [4.78, 5) is 13.1. The van der Waals surface area contributed by atoms with E-state index in [1.54, 1.807) is 12.1 Å². The molecule has 1 aromatic carbocycles. The van der Waals surface area contributed by atoms with Crippen LogP contribution in [0.25, 0.3) is 0 Å². The Balaban J connectivity index is 1.82. The van der Waals surface area contributed by atoms with Crippen LogP contribution in [0.2, 0.25) is 0 Å². The summed E-state index contributed by atoms with van der Waals surface area (Å²) in [7, 11) is 0. The number of nitro groups is 1. The molecule has 2 saturated heterocycles. The fourth-order valence-electron chi connectivity index (χ4n) is 3.31. The van der Waals surface area contributed by atoms with Crippen molar-refractivity contribution >= 4 is 5.69 Å². The average molecular weight is 277 g/mol. The van der Waals surface area contributed by atoms with E-state index in [-0.39, 0.29) is 28.7 Å². The molecule has 0 aromatic heterocycles. The van der Waals surface area contributed by atoms with Crippen molar-refractivity contribution in [3.05, 3.63) is 39.9 Å². The summed E-state index contributed by atoms with van der Waals surface area (Å²) in [5.74, 6) is 0. The molecule has 108 valence electrons. The molecule has 2 aliphatic rings. The van der Waals surface area contributed by atoms with Crippen molar-refractivity contribution in [2.75, 3.05) is 13.2 Å². The first-order chi connectivity index (χ1) is 9.65. The maximum Gasteiger partial charge on any atom is 0.273 e. The van der Waals surface area contributed by atoms with Crippen molar-refractivity contribution in [2.45, 2.75) is 37.5 Å². The summed E-state index contributed by atoms with van der Waals surface area (Å²) < 4.78 is 5.60. The largest absolute Gasteiger partial charge is 0.378 e. The number of nitrogens with two attached hydrogens (primary N) is 1. The minimum atomic E-state index is -0.308. The minimum absolute atomic E-state index is 0.196. The second-order valence-corrected chi connectivity index (χ2v) is 5.63. The molecule has 2 unspecified atom stereocenters. The lowest BCUT2D eigenvalue weighted by Gasteiger charge is -2.47. The highest BCUT2D eigenvalue weighted by Crippen LogP contribution is 2.30. The Morgan fingerprint density at radius 3 is 2.60 bits per heavy atom. The molecule has 6 heteroatoms. The first-order valence-electron chi connectivity index (χ1n) is 6.96. The van der Waals surface area contributed by atoms with Crippen LogP contribution in [-0.4, -0.2) is 41.2 Å². The molecule has 2 atom stereocenters. The molecular formula is C14H19N3O3. The molecule has 0 spiro atoms. The standard InChI is InChI=1S/C14H19N3O3/c15-11-5-12-8-20-9-13(6-11)16(12)7-10-3-1-2-4-14(10)17(18)19/h1-4,11-13H,5-9,15H2. The van der Waals surface area contributed by atoms with Crippen LogP contribution in [0.3, 0.4) is 0 Å². The van der Waals surface area contributed by atoms with Crippen LogP contribution in [0.1, 0.15) is 18.4 Å². The monoisotopic (exact) mass is 277 g/mol. The first-order valence-corrected chi connectivity index (χ1v) is 6.96. The number of piperidine rings is 1. The van der Waals surface area contributed by atoms with Gasteiger partial charge in [-0.1, -0.05) is 18.2 Å². The summed E-state index contributed by atoms with van der Waals surface area (Å²) >= 11 is 0. The van der Waals surface area contributed by atoms with Crippen LogP contribution < -0.4 is 5.73 Å². The van der Waals surface area contributed by atoms with Gasteiger partial charge in [-0.15, -0.1) is 0 Å². The zero-order valence-electron chi connectivity index (χ0n) is 11.3. The van der Waals surface area contributed by atoms with E-state index in [2.05, 4.69) is 4.90 Å². The zero-order chi connectivity index (χ0) is 14.1. The van der Waals surface area contributed by atoms with Gasteiger partial charge < -0.3 is 10.5 Å². The Labute approximate surface area is 117 Å². The molecule has 20 heavy (non-hydrogen) atoms. The van der Waals surface area contributed by atoms with Gasteiger partial charge in [-0.2, -0.15) is 0 Å².